The summed E-state index contributed by atoms with van der Waals surface area (Å²) in [5, 5.41) is 3.61. The van der Waals surface area contributed by atoms with E-state index in [2.05, 4.69) is 21.9 Å². The summed E-state index contributed by atoms with van der Waals surface area (Å²) in [6.07, 6.45) is 6.99. The van der Waals surface area contributed by atoms with Crippen LogP contribution in [-0.2, 0) is 14.3 Å². The molecule has 0 unspecified atom stereocenters. The van der Waals surface area contributed by atoms with E-state index >= 15 is 0 Å². The van der Waals surface area contributed by atoms with E-state index in [4.69, 9.17) is 15.3 Å². The molecule has 0 bridgehead atoms. The van der Waals surface area contributed by atoms with Gasteiger partial charge in [-0.05, 0) is 56.7 Å². The molecule has 32 heavy (non-hydrogen) atoms. The standard InChI is InChI=1S/C24H27FN4O3/c25-19-11-17(4-3-16-1-2-16)5-8-21(19)29(18-6-7-18)23(30)20(28-26)12-27-13-22-31-14-24(9-10-24)15-32-22/h5,8,11-12,16,18,22H,1-2,6-7,9-10,13-15,26H2/b27-12?,28-20+. The lowest BCUT2D eigenvalue weighted by molar-refractivity contribution is -0.201. The number of amides is 1. The maximum Gasteiger partial charge on any atom is 0.280 e. The van der Waals surface area contributed by atoms with Gasteiger partial charge in [-0.15, -0.1) is 0 Å². The lowest BCUT2D eigenvalue weighted by Gasteiger charge is -2.28. The lowest BCUT2D eigenvalue weighted by Crippen LogP contribution is -2.40. The zero-order valence-electron chi connectivity index (χ0n) is 17.9. The third kappa shape index (κ3) is 4.84. The van der Waals surface area contributed by atoms with Crippen LogP contribution in [0.4, 0.5) is 10.1 Å². The molecule has 1 aromatic rings. The zero-order valence-corrected chi connectivity index (χ0v) is 17.9. The predicted molar refractivity (Wildman–Crippen MR) is 119 cm³/mol. The van der Waals surface area contributed by atoms with E-state index in [0.29, 0.717) is 24.7 Å². The van der Waals surface area contributed by atoms with E-state index in [-0.39, 0.29) is 29.4 Å². The van der Waals surface area contributed by atoms with E-state index in [1.807, 2.05) is 0 Å². The Morgan fingerprint density at radius 2 is 2.00 bits per heavy atom. The van der Waals surface area contributed by atoms with Crippen LogP contribution in [0.15, 0.2) is 28.3 Å². The molecule has 3 aliphatic carbocycles. The Balaban J connectivity index is 1.25. The van der Waals surface area contributed by atoms with Crippen molar-refractivity contribution in [3.05, 3.63) is 29.6 Å². The molecule has 0 aromatic heterocycles. The summed E-state index contributed by atoms with van der Waals surface area (Å²) in [5.41, 5.74) is 0.991. The Morgan fingerprint density at radius 3 is 2.59 bits per heavy atom. The quantitative estimate of drug-likeness (QED) is 0.320. The third-order valence-electron chi connectivity index (χ3n) is 6.27. The molecule has 8 heteroatoms. The Kier molecular flexibility index (Phi) is 5.70. The van der Waals surface area contributed by atoms with Gasteiger partial charge in [-0.2, -0.15) is 5.10 Å². The van der Waals surface area contributed by atoms with Gasteiger partial charge in [-0.3, -0.25) is 9.79 Å². The summed E-state index contributed by atoms with van der Waals surface area (Å²) < 4.78 is 26.3. The number of hydrogen-bond acceptors (Lipinski definition) is 6. The SMILES string of the molecule is N/N=C(\C=NCC1OCC2(CC2)CO1)C(=O)N(c1ccc(C#CC2CC2)cc1F)C1CC1. The second kappa shape index (κ2) is 8.64. The second-order valence-electron chi connectivity index (χ2n) is 9.18. The van der Waals surface area contributed by atoms with Gasteiger partial charge in [0, 0.05) is 22.9 Å². The molecule has 0 atom stereocenters. The normalized spacial score (nSPS) is 22.6. The molecule has 0 radical (unpaired) electrons. The number of nitrogens with two attached hydrogens (primary N) is 1. The smallest absolute Gasteiger partial charge is 0.280 e. The number of carbonyl (C=O) groups is 1. The highest BCUT2D eigenvalue weighted by atomic mass is 19.1. The number of ether oxygens (including phenoxy) is 2. The molecule has 5 rings (SSSR count). The maximum atomic E-state index is 14.9. The monoisotopic (exact) mass is 438 g/mol. The lowest BCUT2D eigenvalue weighted by atomic mass is 10.1. The second-order valence-corrected chi connectivity index (χ2v) is 9.18. The van der Waals surface area contributed by atoms with Crippen LogP contribution in [0.2, 0.25) is 0 Å². The average molecular weight is 439 g/mol. The highest BCUT2D eigenvalue weighted by Crippen LogP contribution is 2.48. The Hall–Kier alpha value is -2.76. The van der Waals surface area contributed by atoms with Crippen molar-refractivity contribution in [3.63, 3.8) is 0 Å². The molecule has 1 aromatic carbocycles. The first-order valence-corrected chi connectivity index (χ1v) is 11.2. The van der Waals surface area contributed by atoms with E-state index < -0.39 is 18.0 Å². The maximum absolute atomic E-state index is 14.9. The highest BCUT2D eigenvalue weighted by molar-refractivity contribution is 6.63. The Bertz CT molecular complexity index is 1010. The van der Waals surface area contributed by atoms with Crippen LogP contribution >= 0.6 is 0 Å². The fourth-order valence-electron chi connectivity index (χ4n) is 3.69. The third-order valence-corrected chi connectivity index (χ3v) is 6.27. The molecule has 1 aliphatic heterocycles. The average Bonchev–Trinajstić information content (AvgIpc) is 3.66. The first-order chi connectivity index (χ1) is 15.6. The molecule has 1 spiro atoms. The van der Waals surface area contributed by atoms with Crippen molar-refractivity contribution in [2.45, 2.75) is 50.9 Å². The van der Waals surface area contributed by atoms with Gasteiger partial charge in [-0.25, -0.2) is 4.39 Å². The molecule has 3 saturated carbocycles. The fourth-order valence-corrected chi connectivity index (χ4v) is 3.69. The van der Waals surface area contributed by atoms with Crippen LogP contribution in [0.25, 0.3) is 0 Å². The van der Waals surface area contributed by atoms with Crippen LogP contribution in [0.3, 0.4) is 0 Å². The van der Waals surface area contributed by atoms with Crippen LogP contribution in [0.5, 0.6) is 0 Å². The van der Waals surface area contributed by atoms with Crippen molar-refractivity contribution in [1.29, 1.82) is 0 Å². The summed E-state index contributed by atoms with van der Waals surface area (Å²) in [6, 6.07) is 4.65. The van der Waals surface area contributed by atoms with Gasteiger partial charge in [0.25, 0.3) is 5.91 Å². The van der Waals surface area contributed by atoms with E-state index in [1.54, 1.807) is 12.1 Å². The summed E-state index contributed by atoms with van der Waals surface area (Å²) in [4.78, 5) is 18.8. The number of aliphatic imine (C=N–C) groups is 1. The van der Waals surface area contributed by atoms with Crippen molar-refractivity contribution < 1.29 is 18.7 Å². The molecular formula is C24H27FN4O3. The Morgan fingerprint density at radius 1 is 1.25 bits per heavy atom. The minimum atomic E-state index is -0.487. The zero-order chi connectivity index (χ0) is 22.1. The van der Waals surface area contributed by atoms with E-state index in [0.717, 1.165) is 38.5 Å². The summed E-state index contributed by atoms with van der Waals surface area (Å²) >= 11 is 0. The molecular weight excluding hydrogens is 411 g/mol. The van der Waals surface area contributed by atoms with Crippen molar-refractivity contribution in [2.24, 2.45) is 27.3 Å². The summed E-state index contributed by atoms with van der Waals surface area (Å²) in [5.74, 6) is 11.1. The minimum Gasteiger partial charge on any atom is -0.350 e. The van der Waals surface area contributed by atoms with Crippen molar-refractivity contribution in [1.82, 2.24) is 0 Å². The summed E-state index contributed by atoms with van der Waals surface area (Å²) in [7, 11) is 0. The number of hydrazone groups is 1. The van der Waals surface area contributed by atoms with Crippen LogP contribution in [-0.4, -0.2) is 49.9 Å². The number of benzene rings is 1. The van der Waals surface area contributed by atoms with Gasteiger partial charge in [0.1, 0.15) is 5.82 Å². The number of nitrogens with zero attached hydrogens (tertiary/aromatic N) is 3. The van der Waals surface area contributed by atoms with Gasteiger partial charge in [0.15, 0.2) is 12.0 Å². The fraction of sp³-hybridized carbons (Fsp3) is 0.542. The van der Waals surface area contributed by atoms with E-state index in [1.165, 1.54) is 17.2 Å². The van der Waals surface area contributed by atoms with Gasteiger partial charge in [-0.1, -0.05) is 11.8 Å². The molecule has 4 aliphatic rings. The first kappa shape index (κ1) is 21.1. The van der Waals surface area contributed by atoms with Crippen molar-refractivity contribution in [2.75, 3.05) is 24.7 Å². The van der Waals surface area contributed by atoms with Gasteiger partial charge < -0.3 is 20.2 Å². The predicted octanol–water partition coefficient (Wildman–Crippen LogP) is 2.62. The largest absolute Gasteiger partial charge is 0.350 e. The molecule has 1 amide bonds. The number of halogens is 1. The molecule has 1 saturated heterocycles. The minimum absolute atomic E-state index is 0.0385. The van der Waals surface area contributed by atoms with Crippen molar-refractivity contribution >= 4 is 23.5 Å². The van der Waals surface area contributed by atoms with Gasteiger partial charge in [0.2, 0.25) is 0 Å². The topological polar surface area (TPSA) is 89.5 Å². The highest BCUT2D eigenvalue weighted by Gasteiger charge is 2.46. The molecule has 4 fully saturated rings. The number of rotatable bonds is 6. The van der Waals surface area contributed by atoms with Crippen LogP contribution in [0.1, 0.15) is 44.1 Å². The number of anilines is 1. The van der Waals surface area contributed by atoms with Crippen molar-refractivity contribution in [3.8, 4) is 11.8 Å². The van der Waals surface area contributed by atoms with Gasteiger partial charge in [0.05, 0.1) is 31.7 Å². The Labute approximate surface area is 186 Å². The van der Waals surface area contributed by atoms with Crippen LogP contribution < -0.4 is 10.7 Å². The number of carbonyl (C=O) groups excluding carboxylic acids is 1. The van der Waals surface area contributed by atoms with Crippen LogP contribution in [0, 0.1) is 29.0 Å². The molecule has 2 N–H and O–H groups in total. The first-order valence-electron chi connectivity index (χ1n) is 11.2. The summed E-state index contributed by atoms with van der Waals surface area (Å²) in [6.45, 7) is 1.61. The number of hydrogen-bond donors (Lipinski definition) is 1. The van der Waals surface area contributed by atoms with Gasteiger partial charge >= 0.3 is 0 Å². The molecule has 7 nitrogen and oxygen atoms in total. The molecule has 1 heterocycles. The molecule has 168 valence electrons. The van der Waals surface area contributed by atoms with E-state index in [9.17, 15) is 9.18 Å².